The van der Waals surface area contributed by atoms with Gasteiger partial charge in [0, 0.05) is 9.85 Å². The van der Waals surface area contributed by atoms with Gasteiger partial charge in [-0.25, -0.2) is 4.99 Å². The molecule has 0 amide bonds. The van der Waals surface area contributed by atoms with Gasteiger partial charge >= 0.3 is 0 Å². The van der Waals surface area contributed by atoms with Crippen molar-refractivity contribution >= 4 is 33.2 Å². The van der Waals surface area contributed by atoms with Crippen LogP contribution in [-0.2, 0) is 4.74 Å². The molecule has 0 saturated heterocycles. The molecule has 4 heteroatoms. The van der Waals surface area contributed by atoms with E-state index in [0.29, 0.717) is 6.61 Å². The first-order chi connectivity index (χ1) is 6.07. The highest BCUT2D eigenvalue weighted by molar-refractivity contribution is 9.10. The number of hydrogen-bond donors (Lipinski definition) is 0. The molecule has 70 valence electrons. The summed E-state index contributed by atoms with van der Waals surface area (Å²) < 4.78 is 6.59. The third-order valence-corrected chi connectivity index (χ3v) is 3.42. The van der Waals surface area contributed by atoms with E-state index >= 15 is 0 Å². The van der Waals surface area contributed by atoms with Gasteiger partial charge in [0.15, 0.2) is 0 Å². The van der Waals surface area contributed by atoms with E-state index in [0.717, 1.165) is 15.2 Å². The Bertz CT molecular complexity index is 356. The summed E-state index contributed by atoms with van der Waals surface area (Å²) in [4.78, 5) is 5.58. The highest BCUT2D eigenvalue weighted by Gasteiger charge is 2.27. The fourth-order valence-electron chi connectivity index (χ4n) is 1.14. The van der Waals surface area contributed by atoms with E-state index in [1.807, 2.05) is 11.4 Å². The van der Waals surface area contributed by atoms with Crippen LogP contribution in [0.2, 0.25) is 0 Å². The van der Waals surface area contributed by atoms with E-state index in [-0.39, 0.29) is 5.54 Å². The normalized spacial score (nSPS) is 19.8. The molecule has 13 heavy (non-hydrogen) atoms. The number of ether oxygens (including phenoxy) is 1. The Morgan fingerprint density at radius 3 is 2.85 bits per heavy atom. The first-order valence-electron chi connectivity index (χ1n) is 4.04. The molecule has 1 aromatic rings. The third-order valence-electron chi connectivity index (χ3n) is 1.74. The van der Waals surface area contributed by atoms with Gasteiger partial charge in [-0.2, -0.15) is 0 Å². The fourth-order valence-corrected chi connectivity index (χ4v) is 2.50. The molecular formula is C9H10BrNOS. The Morgan fingerprint density at radius 1 is 1.62 bits per heavy atom. The van der Waals surface area contributed by atoms with E-state index in [1.54, 1.807) is 11.3 Å². The van der Waals surface area contributed by atoms with Crippen LogP contribution in [0.25, 0.3) is 0 Å². The topological polar surface area (TPSA) is 21.6 Å². The minimum Gasteiger partial charge on any atom is -0.474 e. The van der Waals surface area contributed by atoms with Gasteiger partial charge in [-0.1, -0.05) is 0 Å². The van der Waals surface area contributed by atoms with Crippen LogP contribution >= 0.6 is 27.3 Å². The molecule has 0 radical (unpaired) electrons. The van der Waals surface area contributed by atoms with E-state index < -0.39 is 0 Å². The summed E-state index contributed by atoms with van der Waals surface area (Å²) in [5.41, 5.74) is -0.0637. The van der Waals surface area contributed by atoms with Crippen LogP contribution in [0.1, 0.15) is 18.7 Å². The van der Waals surface area contributed by atoms with Crippen molar-refractivity contribution in [1.82, 2.24) is 0 Å². The van der Waals surface area contributed by atoms with Crippen LogP contribution in [0.15, 0.2) is 20.9 Å². The number of aliphatic imine (C=N–C) groups is 1. The Balaban J connectivity index is 2.29. The summed E-state index contributed by atoms with van der Waals surface area (Å²) in [6.07, 6.45) is 0. The number of halogens is 1. The van der Waals surface area contributed by atoms with E-state index in [1.165, 1.54) is 0 Å². The minimum absolute atomic E-state index is 0.0637. The molecule has 1 aliphatic rings. The molecule has 1 aromatic heterocycles. The zero-order valence-corrected chi connectivity index (χ0v) is 9.91. The van der Waals surface area contributed by atoms with Gasteiger partial charge in [0.1, 0.15) is 6.61 Å². The van der Waals surface area contributed by atoms with Crippen molar-refractivity contribution in [1.29, 1.82) is 0 Å². The lowest BCUT2D eigenvalue weighted by molar-refractivity contribution is 0.280. The molecule has 0 atom stereocenters. The second-order valence-electron chi connectivity index (χ2n) is 3.65. The van der Waals surface area contributed by atoms with Gasteiger partial charge in [-0.3, -0.25) is 0 Å². The van der Waals surface area contributed by atoms with Gasteiger partial charge in [0.05, 0.1) is 10.4 Å². The van der Waals surface area contributed by atoms with Crippen LogP contribution in [0.3, 0.4) is 0 Å². The van der Waals surface area contributed by atoms with Gasteiger partial charge in [0.2, 0.25) is 5.90 Å². The Labute approximate surface area is 89.8 Å². The van der Waals surface area contributed by atoms with Crippen LogP contribution < -0.4 is 0 Å². The summed E-state index contributed by atoms with van der Waals surface area (Å²) in [5.74, 6) is 0.778. The summed E-state index contributed by atoms with van der Waals surface area (Å²) in [6.45, 7) is 4.82. The molecule has 0 spiro atoms. The smallest absolute Gasteiger partial charge is 0.227 e. The van der Waals surface area contributed by atoms with Gasteiger partial charge in [-0.15, -0.1) is 11.3 Å². The summed E-state index contributed by atoms with van der Waals surface area (Å²) in [7, 11) is 0. The van der Waals surface area contributed by atoms with E-state index in [4.69, 9.17) is 4.74 Å². The van der Waals surface area contributed by atoms with Crippen LogP contribution in [-0.4, -0.2) is 18.0 Å². The molecular weight excluding hydrogens is 250 g/mol. The molecule has 0 aliphatic carbocycles. The summed E-state index contributed by atoms with van der Waals surface area (Å²) >= 11 is 5.05. The number of nitrogens with zero attached hydrogens (tertiary/aromatic N) is 1. The maximum absolute atomic E-state index is 5.51. The van der Waals surface area contributed by atoms with Crippen molar-refractivity contribution in [2.24, 2.45) is 4.99 Å². The number of rotatable bonds is 1. The predicted octanol–water partition coefficient (Wildman–Crippen LogP) is 3.07. The molecule has 1 aliphatic heterocycles. The third kappa shape index (κ3) is 1.94. The lowest BCUT2D eigenvalue weighted by atomic mass is 10.1. The fraction of sp³-hybridized carbons (Fsp3) is 0.444. The SMILES string of the molecule is CC1(C)COC(c2cc(Br)cs2)=N1. The van der Waals surface area contributed by atoms with Crippen LogP contribution in [0, 0.1) is 0 Å². The number of thiophene rings is 1. The second kappa shape index (κ2) is 3.10. The molecule has 0 fully saturated rings. The molecule has 0 saturated carbocycles. The maximum Gasteiger partial charge on any atom is 0.227 e. The van der Waals surface area contributed by atoms with Crippen molar-refractivity contribution in [3.63, 3.8) is 0 Å². The molecule has 0 bridgehead atoms. The highest BCUT2D eigenvalue weighted by atomic mass is 79.9. The first-order valence-corrected chi connectivity index (χ1v) is 5.71. The molecule has 0 N–H and O–H groups in total. The minimum atomic E-state index is -0.0637. The lowest BCUT2D eigenvalue weighted by Gasteiger charge is -2.07. The quantitative estimate of drug-likeness (QED) is 0.760. The average Bonchev–Trinajstić information content (AvgIpc) is 2.56. The highest BCUT2D eigenvalue weighted by Crippen LogP contribution is 2.26. The predicted molar refractivity (Wildman–Crippen MR) is 58.6 cm³/mol. The Kier molecular flexibility index (Phi) is 2.20. The maximum atomic E-state index is 5.51. The van der Waals surface area contributed by atoms with Gasteiger partial charge in [-0.05, 0) is 35.8 Å². The largest absolute Gasteiger partial charge is 0.474 e. The Morgan fingerprint density at radius 2 is 2.38 bits per heavy atom. The van der Waals surface area contributed by atoms with Crippen molar-refractivity contribution in [2.75, 3.05) is 6.61 Å². The Hall–Kier alpha value is -0.350. The molecule has 2 nitrogen and oxygen atoms in total. The van der Waals surface area contributed by atoms with Gasteiger partial charge in [0.25, 0.3) is 0 Å². The number of hydrogen-bond acceptors (Lipinski definition) is 3. The molecule has 0 unspecified atom stereocenters. The van der Waals surface area contributed by atoms with Crippen LogP contribution in [0.4, 0.5) is 0 Å². The van der Waals surface area contributed by atoms with Crippen molar-refractivity contribution in [2.45, 2.75) is 19.4 Å². The molecule has 2 rings (SSSR count). The zero-order chi connectivity index (χ0) is 9.47. The summed E-state index contributed by atoms with van der Waals surface area (Å²) in [6, 6.07) is 2.03. The van der Waals surface area contributed by atoms with Crippen LogP contribution in [0.5, 0.6) is 0 Å². The standard InChI is InChI=1S/C9H10BrNOS/c1-9(2)5-12-8(11-9)7-3-6(10)4-13-7/h3-4H,5H2,1-2H3. The lowest BCUT2D eigenvalue weighted by Crippen LogP contribution is -2.17. The van der Waals surface area contributed by atoms with Crippen molar-refractivity contribution in [3.05, 3.63) is 20.8 Å². The monoisotopic (exact) mass is 259 g/mol. The second-order valence-corrected chi connectivity index (χ2v) is 5.47. The molecule has 2 heterocycles. The zero-order valence-electron chi connectivity index (χ0n) is 7.50. The van der Waals surface area contributed by atoms with Gasteiger partial charge < -0.3 is 4.74 Å². The van der Waals surface area contributed by atoms with E-state index in [9.17, 15) is 0 Å². The van der Waals surface area contributed by atoms with Crippen molar-refractivity contribution in [3.8, 4) is 0 Å². The first kappa shape index (κ1) is 9.21. The average molecular weight is 260 g/mol. The summed E-state index contributed by atoms with van der Waals surface area (Å²) in [5, 5.41) is 2.03. The van der Waals surface area contributed by atoms with E-state index in [2.05, 4.69) is 34.8 Å². The van der Waals surface area contributed by atoms with Crippen molar-refractivity contribution < 1.29 is 4.74 Å². The molecule has 0 aromatic carbocycles.